The van der Waals surface area contributed by atoms with Gasteiger partial charge in [0.1, 0.15) is 23.6 Å². The van der Waals surface area contributed by atoms with Gasteiger partial charge in [0.15, 0.2) is 0 Å². The largest absolute Gasteiger partial charge is 0.491 e. The second kappa shape index (κ2) is 11.9. The van der Waals surface area contributed by atoms with E-state index in [0.717, 1.165) is 40.8 Å². The van der Waals surface area contributed by atoms with Crippen LogP contribution in [-0.2, 0) is 35.4 Å². The molecule has 0 aliphatic carbocycles. The van der Waals surface area contributed by atoms with Gasteiger partial charge in [0.25, 0.3) is 0 Å². The maximum absolute atomic E-state index is 13.1. The molecule has 6 nitrogen and oxygen atoms in total. The molecule has 3 aromatic carbocycles. The van der Waals surface area contributed by atoms with Crippen molar-refractivity contribution in [2.75, 3.05) is 6.54 Å². The van der Waals surface area contributed by atoms with E-state index in [1.54, 1.807) is 0 Å². The minimum absolute atomic E-state index is 0.0309. The lowest BCUT2D eigenvalue weighted by molar-refractivity contribution is -0.144. The summed E-state index contributed by atoms with van der Waals surface area (Å²) in [6.45, 7) is 5.78. The van der Waals surface area contributed by atoms with Crippen molar-refractivity contribution in [1.29, 1.82) is 0 Å². The number of hydrogen-bond acceptors (Lipinski definition) is 4. The molecule has 1 aliphatic rings. The lowest BCUT2D eigenvalue weighted by Gasteiger charge is -2.24. The quantitative estimate of drug-likeness (QED) is 0.320. The Bertz CT molecular complexity index is 1290. The summed E-state index contributed by atoms with van der Waals surface area (Å²) in [7, 11) is 0. The van der Waals surface area contributed by atoms with Gasteiger partial charge in [0, 0.05) is 36.4 Å². The Kier molecular flexibility index (Phi) is 8.62. The SMILES string of the molecule is CC(C)Oc1ccccc1CN(CC(=O)O)C(=O)CCc1ccc2c(c1)C[C@](C)(Cc1ccc(Cl)cc1)O2. The summed E-state index contributed by atoms with van der Waals surface area (Å²) in [5.74, 6) is 0.267. The smallest absolute Gasteiger partial charge is 0.323 e. The molecule has 0 aromatic heterocycles. The molecular weight excluding hydrogens is 502 g/mol. The molecule has 1 amide bonds. The summed E-state index contributed by atoms with van der Waals surface area (Å²) in [6.07, 6.45) is 2.22. The van der Waals surface area contributed by atoms with Gasteiger partial charge in [0.05, 0.1) is 6.10 Å². The number of fused-ring (bicyclic) bond motifs is 1. The molecule has 3 aromatic rings. The number of rotatable bonds is 11. The van der Waals surface area contributed by atoms with Crippen molar-refractivity contribution in [3.05, 3.63) is 94.0 Å². The normalized spacial score (nSPS) is 16.1. The van der Waals surface area contributed by atoms with Gasteiger partial charge in [0.2, 0.25) is 5.91 Å². The van der Waals surface area contributed by atoms with Crippen LogP contribution in [0.1, 0.15) is 49.4 Å². The number of carboxylic acids is 1. The van der Waals surface area contributed by atoms with Crippen molar-refractivity contribution in [2.24, 2.45) is 0 Å². The number of nitrogens with zero attached hydrogens (tertiary/aromatic N) is 1. The maximum Gasteiger partial charge on any atom is 0.323 e. The fourth-order valence-electron chi connectivity index (χ4n) is 4.88. The third-order valence-corrected chi connectivity index (χ3v) is 6.79. The number of para-hydroxylation sites is 1. The Morgan fingerprint density at radius 2 is 1.79 bits per heavy atom. The Balaban J connectivity index is 1.40. The van der Waals surface area contributed by atoms with Crippen molar-refractivity contribution < 1.29 is 24.2 Å². The molecular formula is C31H34ClNO5. The van der Waals surface area contributed by atoms with E-state index in [1.165, 1.54) is 4.90 Å². The number of aliphatic carboxylic acids is 1. The highest BCUT2D eigenvalue weighted by atomic mass is 35.5. The third kappa shape index (κ3) is 7.29. The first-order chi connectivity index (χ1) is 18.1. The molecule has 38 heavy (non-hydrogen) atoms. The number of amides is 1. The number of carboxylic acid groups (broad SMARTS) is 1. The molecule has 0 unspecified atom stereocenters. The molecule has 0 saturated heterocycles. The van der Waals surface area contributed by atoms with Crippen molar-refractivity contribution in [2.45, 2.75) is 64.7 Å². The molecule has 0 spiro atoms. The molecule has 4 rings (SSSR count). The van der Waals surface area contributed by atoms with Gasteiger partial charge in [-0.3, -0.25) is 9.59 Å². The fourth-order valence-corrected chi connectivity index (χ4v) is 5.00. The van der Waals surface area contributed by atoms with Gasteiger partial charge in [-0.15, -0.1) is 0 Å². The van der Waals surface area contributed by atoms with Crippen LogP contribution < -0.4 is 9.47 Å². The Morgan fingerprint density at radius 1 is 1.08 bits per heavy atom. The van der Waals surface area contributed by atoms with Gasteiger partial charge in [-0.25, -0.2) is 0 Å². The van der Waals surface area contributed by atoms with E-state index in [1.807, 2.05) is 74.5 Å². The average Bonchev–Trinajstić information content (AvgIpc) is 3.19. The van der Waals surface area contributed by atoms with E-state index in [0.29, 0.717) is 17.2 Å². The zero-order chi connectivity index (χ0) is 27.3. The van der Waals surface area contributed by atoms with Crippen LogP contribution in [0.3, 0.4) is 0 Å². The maximum atomic E-state index is 13.1. The number of carbonyl (C=O) groups excluding carboxylic acids is 1. The van der Waals surface area contributed by atoms with Crippen LogP contribution in [0.15, 0.2) is 66.7 Å². The fraction of sp³-hybridized carbons (Fsp3) is 0.355. The Morgan fingerprint density at radius 3 is 2.50 bits per heavy atom. The highest BCUT2D eigenvalue weighted by molar-refractivity contribution is 6.30. The molecule has 1 N–H and O–H groups in total. The molecule has 1 aliphatic heterocycles. The van der Waals surface area contributed by atoms with Crippen LogP contribution in [0.5, 0.6) is 11.5 Å². The second-order valence-electron chi connectivity index (χ2n) is 10.4. The van der Waals surface area contributed by atoms with Gasteiger partial charge in [-0.05, 0) is 68.1 Å². The minimum Gasteiger partial charge on any atom is -0.491 e. The predicted molar refractivity (Wildman–Crippen MR) is 148 cm³/mol. The summed E-state index contributed by atoms with van der Waals surface area (Å²) >= 11 is 6.02. The number of aryl methyl sites for hydroxylation is 1. The van der Waals surface area contributed by atoms with E-state index in [4.69, 9.17) is 21.1 Å². The number of hydrogen-bond donors (Lipinski definition) is 1. The van der Waals surface area contributed by atoms with Crippen LogP contribution in [-0.4, -0.2) is 40.1 Å². The van der Waals surface area contributed by atoms with E-state index >= 15 is 0 Å². The topological polar surface area (TPSA) is 76.1 Å². The van der Waals surface area contributed by atoms with Crippen LogP contribution in [0.2, 0.25) is 5.02 Å². The van der Waals surface area contributed by atoms with Crippen molar-refractivity contribution in [3.8, 4) is 11.5 Å². The molecule has 1 atom stereocenters. The van der Waals surface area contributed by atoms with Crippen LogP contribution in [0.25, 0.3) is 0 Å². The summed E-state index contributed by atoms with van der Waals surface area (Å²) in [5, 5.41) is 10.2. The Labute approximate surface area is 229 Å². The van der Waals surface area contributed by atoms with Gasteiger partial charge >= 0.3 is 5.97 Å². The third-order valence-electron chi connectivity index (χ3n) is 6.54. The summed E-state index contributed by atoms with van der Waals surface area (Å²) < 4.78 is 12.2. The first-order valence-corrected chi connectivity index (χ1v) is 13.3. The molecule has 200 valence electrons. The predicted octanol–water partition coefficient (Wildman–Crippen LogP) is 6.11. The highest BCUT2D eigenvalue weighted by Crippen LogP contribution is 2.38. The van der Waals surface area contributed by atoms with Crippen molar-refractivity contribution in [3.63, 3.8) is 0 Å². The van der Waals surface area contributed by atoms with Gasteiger partial charge in [-0.2, -0.15) is 0 Å². The molecule has 0 saturated carbocycles. The van der Waals surface area contributed by atoms with Gasteiger partial charge in [-0.1, -0.05) is 54.1 Å². The lowest BCUT2D eigenvalue weighted by atomic mass is 9.91. The zero-order valence-corrected chi connectivity index (χ0v) is 22.8. The summed E-state index contributed by atoms with van der Waals surface area (Å²) in [4.78, 5) is 26.1. The monoisotopic (exact) mass is 535 g/mol. The first-order valence-electron chi connectivity index (χ1n) is 12.9. The van der Waals surface area contributed by atoms with E-state index < -0.39 is 5.97 Å². The number of halogens is 1. The van der Waals surface area contributed by atoms with E-state index in [-0.39, 0.29) is 37.1 Å². The highest BCUT2D eigenvalue weighted by Gasteiger charge is 2.35. The van der Waals surface area contributed by atoms with E-state index in [9.17, 15) is 14.7 Å². The van der Waals surface area contributed by atoms with Crippen molar-refractivity contribution in [1.82, 2.24) is 4.90 Å². The molecule has 0 fully saturated rings. The van der Waals surface area contributed by atoms with Gasteiger partial charge < -0.3 is 19.5 Å². The van der Waals surface area contributed by atoms with Crippen LogP contribution >= 0.6 is 11.6 Å². The minimum atomic E-state index is -1.05. The van der Waals surface area contributed by atoms with Crippen LogP contribution in [0.4, 0.5) is 0 Å². The standard InChI is InChI=1S/C31H34ClNO5/c1-21(2)37-27-7-5-4-6-24(27)19-33(20-30(35)36)29(34)15-11-22-10-14-28-25(16-22)18-31(3,38-28)17-23-8-12-26(32)13-9-23/h4-10,12-14,16,21H,11,15,17-20H2,1-3H3,(H,35,36)/t31-/m0/s1. The Hall–Kier alpha value is -3.51. The number of carbonyl (C=O) groups is 2. The molecule has 7 heteroatoms. The molecule has 1 heterocycles. The second-order valence-corrected chi connectivity index (χ2v) is 10.8. The van der Waals surface area contributed by atoms with E-state index in [2.05, 4.69) is 13.0 Å². The molecule has 0 radical (unpaired) electrons. The lowest BCUT2D eigenvalue weighted by Crippen LogP contribution is -2.35. The first kappa shape index (κ1) is 27.5. The summed E-state index contributed by atoms with van der Waals surface area (Å²) in [5.41, 5.74) is 3.73. The van der Waals surface area contributed by atoms with Crippen LogP contribution in [0, 0.1) is 0 Å². The molecule has 0 bridgehead atoms. The number of ether oxygens (including phenoxy) is 2. The zero-order valence-electron chi connectivity index (χ0n) is 22.1. The summed E-state index contributed by atoms with van der Waals surface area (Å²) in [6, 6.07) is 21.3. The average molecular weight is 536 g/mol. The number of benzene rings is 3. The van der Waals surface area contributed by atoms with Crippen molar-refractivity contribution >= 4 is 23.5 Å².